The van der Waals surface area contributed by atoms with Crippen molar-refractivity contribution in [2.45, 2.75) is 30.1 Å². The van der Waals surface area contributed by atoms with Crippen molar-refractivity contribution < 1.29 is 4.79 Å². The Bertz CT molecular complexity index is 1130. The fraction of sp³-hybridized carbons (Fsp3) is 0.304. The van der Waals surface area contributed by atoms with Gasteiger partial charge in [0.15, 0.2) is 0 Å². The van der Waals surface area contributed by atoms with Gasteiger partial charge in [-0.2, -0.15) is 5.10 Å². The first-order chi connectivity index (χ1) is 15.3. The molecule has 32 heavy (non-hydrogen) atoms. The predicted molar refractivity (Wildman–Crippen MR) is 139 cm³/mol. The van der Waals surface area contributed by atoms with Gasteiger partial charge >= 0.3 is 0 Å². The second kappa shape index (κ2) is 10.3. The Hall–Kier alpha value is -1.32. The van der Waals surface area contributed by atoms with E-state index in [9.17, 15) is 4.79 Å². The van der Waals surface area contributed by atoms with E-state index in [4.69, 9.17) is 39.9 Å². The molecule has 1 fully saturated rings. The molecule has 0 spiro atoms. The number of piperidine rings is 1. The van der Waals surface area contributed by atoms with Gasteiger partial charge in [0.05, 0.1) is 22.1 Å². The summed E-state index contributed by atoms with van der Waals surface area (Å²) in [6, 6.07) is 12.8. The third kappa shape index (κ3) is 5.09. The zero-order valence-electron chi connectivity index (χ0n) is 17.4. The van der Waals surface area contributed by atoms with Gasteiger partial charge in [-0.05, 0) is 50.1 Å². The van der Waals surface area contributed by atoms with Crippen LogP contribution in [0.25, 0.3) is 16.9 Å². The molecule has 0 radical (unpaired) electrons. The quantitative estimate of drug-likeness (QED) is 0.258. The van der Waals surface area contributed by atoms with Crippen molar-refractivity contribution in [2.75, 3.05) is 13.1 Å². The molecule has 2 aromatic carbocycles. The lowest BCUT2D eigenvalue weighted by Gasteiger charge is -2.27. The van der Waals surface area contributed by atoms with Crippen LogP contribution in [0.3, 0.4) is 0 Å². The molecule has 1 amide bonds. The molecule has 0 aliphatic carbocycles. The van der Waals surface area contributed by atoms with E-state index < -0.39 is 3.92 Å². The van der Waals surface area contributed by atoms with E-state index in [1.165, 1.54) is 6.42 Å². The minimum absolute atomic E-state index is 0.0786. The van der Waals surface area contributed by atoms with Gasteiger partial charge in [0.25, 0.3) is 5.91 Å². The van der Waals surface area contributed by atoms with Crippen molar-refractivity contribution in [1.82, 2.24) is 20.2 Å². The van der Waals surface area contributed by atoms with Crippen LogP contribution in [0.15, 0.2) is 42.5 Å². The van der Waals surface area contributed by atoms with Crippen molar-refractivity contribution in [3.8, 4) is 16.9 Å². The summed E-state index contributed by atoms with van der Waals surface area (Å²) in [7, 11) is 0. The Balaban J connectivity index is 1.76. The second-order valence-electron chi connectivity index (χ2n) is 7.76. The maximum atomic E-state index is 13.0. The van der Waals surface area contributed by atoms with Crippen LogP contribution in [0.5, 0.6) is 0 Å². The SMILES string of the molecule is Cc1c(C(I)C(=O)NN2CCCCC2)nn(-c2ccc(Cl)cc2Cl)c1-c1ccc(Cl)cc1. The van der Waals surface area contributed by atoms with Crippen LogP contribution >= 0.6 is 57.4 Å². The molecule has 1 unspecified atom stereocenters. The smallest absolute Gasteiger partial charge is 0.253 e. The van der Waals surface area contributed by atoms with Gasteiger partial charge in [-0.1, -0.05) is 75.9 Å². The lowest BCUT2D eigenvalue weighted by molar-refractivity contribution is -0.125. The number of nitrogens with one attached hydrogen (secondary N) is 1. The maximum Gasteiger partial charge on any atom is 0.253 e. The normalized spacial score (nSPS) is 15.5. The molecule has 2 heterocycles. The molecular formula is C23H22Cl3IN4O. The van der Waals surface area contributed by atoms with Gasteiger partial charge in [-0.25, -0.2) is 9.69 Å². The number of rotatable bonds is 5. The molecular weight excluding hydrogens is 582 g/mol. The van der Waals surface area contributed by atoms with E-state index in [-0.39, 0.29) is 5.91 Å². The summed E-state index contributed by atoms with van der Waals surface area (Å²) in [5.74, 6) is -0.0786. The molecule has 5 nitrogen and oxygen atoms in total. The van der Waals surface area contributed by atoms with Gasteiger partial charge in [-0.3, -0.25) is 10.2 Å². The minimum atomic E-state index is -0.465. The zero-order valence-corrected chi connectivity index (χ0v) is 21.8. The third-order valence-corrected chi connectivity index (χ3v) is 7.45. The molecule has 0 saturated carbocycles. The van der Waals surface area contributed by atoms with Gasteiger partial charge < -0.3 is 0 Å². The molecule has 168 valence electrons. The lowest BCUT2D eigenvalue weighted by atomic mass is 10.1. The number of carbonyl (C=O) groups is 1. The number of hydrogen-bond acceptors (Lipinski definition) is 3. The van der Waals surface area contributed by atoms with Crippen molar-refractivity contribution in [1.29, 1.82) is 0 Å². The number of carbonyl (C=O) groups excluding carboxylic acids is 1. The van der Waals surface area contributed by atoms with Crippen LogP contribution in [0.4, 0.5) is 0 Å². The average molecular weight is 604 g/mol. The van der Waals surface area contributed by atoms with Crippen molar-refractivity contribution in [3.63, 3.8) is 0 Å². The highest BCUT2D eigenvalue weighted by atomic mass is 127. The van der Waals surface area contributed by atoms with E-state index in [0.717, 1.165) is 42.8 Å². The van der Waals surface area contributed by atoms with Crippen LogP contribution in [-0.4, -0.2) is 33.8 Å². The molecule has 1 aromatic heterocycles. The molecule has 1 atom stereocenters. The number of benzene rings is 2. The summed E-state index contributed by atoms with van der Waals surface area (Å²) >= 11 is 20.9. The van der Waals surface area contributed by atoms with Gasteiger partial charge in [-0.15, -0.1) is 0 Å². The molecule has 9 heteroatoms. The highest BCUT2D eigenvalue weighted by Crippen LogP contribution is 2.37. The molecule has 0 bridgehead atoms. The highest BCUT2D eigenvalue weighted by molar-refractivity contribution is 14.1. The van der Waals surface area contributed by atoms with Crippen molar-refractivity contribution >= 4 is 63.3 Å². The fourth-order valence-electron chi connectivity index (χ4n) is 3.87. The Kier molecular flexibility index (Phi) is 7.67. The van der Waals surface area contributed by atoms with E-state index in [1.54, 1.807) is 16.8 Å². The first kappa shape index (κ1) is 23.8. The summed E-state index contributed by atoms with van der Waals surface area (Å²) in [4.78, 5) is 13.0. The topological polar surface area (TPSA) is 50.2 Å². The number of hydrazine groups is 1. The summed E-state index contributed by atoms with van der Waals surface area (Å²) in [6.07, 6.45) is 3.39. The van der Waals surface area contributed by atoms with Crippen LogP contribution in [0, 0.1) is 6.92 Å². The predicted octanol–water partition coefficient (Wildman–Crippen LogP) is 6.80. The number of hydrogen-bond donors (Lipinski definition) is 1. The number of halogens is 4. The van der Waals surface area contributed by atoms with Gasteiger partial charge in [0.1, 0.15) is 3.92 Å². The Morgan fingerprint density at radius 2 is 1.69 bits per heavy atom. The van der Waals surface area contributed by atoms with Crippen molar-refractivity contribution in [3.05, 3.63) is 68.8 Å². The molecule has 1 N–H and O–H groups in total. The lowest BCUT2D eigenvalue weighted by Crippen LogP contribution is -2.46. The summed E-state index contributed by atoms with van der Waals surface area (Å²) in [5, 5.41) is 8.52. The Morgan fingerprint density at radius 3 is 2.34 bits per heavy atom. The summed E-state index contributed by atoms with van der Waals surface area (Å²) in [6.45, 7) is 3.73. The molecule has 4 rings (SSSR count). The molecule has 1 saturated heterocycles. The second-order valence-corrected chi connectivity index (χ2v) is 10.3. The first-order valence-corrected chi connectivity index (χ1v) is 12.7. The average Bonchev–Trinajstić information content (AvgIpc) is 3.11. The molecule has 3 aromatic rings. The Morgan fingerprint density at radius 1 is 1.03 bits per heavy atom. The third-order valence-electron chi connectivity index (χ3n) is 5.51. The van der Waals surface area contributed by atoms with Crippen LogP contribution < -0.4 is 5.43 Å². The van der Waals surface area contributed by atoms with Crippen LogP contribution in [-0.2, 0) is 4.79 Å². The van der Waals surface area contributed by atoms with Gasteiger partial charge in [0, 0.05) is 34.3 Å². The molecule has 1 aliphatic rings. The number of amides is 1. The number of aromatic nitrogens is 2. The highest BCUT2D eigenvalue weighted by Gasteiger charge is 2.28. The van der Waals surface area contributed by atoms with E-state index >= 15 is 0 Å². The minimum Gasteiger partial charge on any atom is -0.288 e. The van der Waals surface area contributed by atoms with Crippen molar-refractivity contribution in [2.24, 2.45) is 0 Å². The maximum absolute atomic E-state index is 13.0. The summed E-state index contributed by atoms with van der Waals surface area (Å²) < 4.78 is 1.32. The van der Waals surface area contributed by atoms with Gasteiger partial charge in [0.2, 0.25) is 0 Å². The van der Waals surface area contributed by atoms with Crippen LogP contribution in [0.2, 0.25) is 15.1 Å². The zero-order chi connectivity index (χ0) is 22.8. The number of nitrogens with zero attached hydrogens (tertiary/aromatic N) is 3. The van der Waals surface area contributed by atoms with E-state index in [2.05, 4.69) is 28.0 Å². The van der Waals surface area contributed by atoms with Crippen LogP contribution in [0.1, 0.15) is 34.4 Å². The monoisotopic (exact) mass is 602 g/mol. The first-order valence-electron chi connectivity index (χ1n) is 10.4. The Labute approximate surface area is 216 Å². The standard InChI is InChI=1S/C23H22Cl3IN4O/c1-14-21(20(27)23(32)29-30-11-3-2-4-12-30)28-31(19-10-9-17(25)13-18(19)26)22(14)15-5-7-16(24)8-6-15/h5-10,13,20H,2-4,11-12H2,1H3,(H,29,32). The fourth-order valence-corrected chi connectivity index (χ4v) is 5.22. The number of alkyl halides is 1. The van der Waals surface area contributed by atoms with E-state index in [1.807, 2.05) is 42.3 Å². The molecule has 1 aliphatic heterocycles. The summed E-state index contributed by atoms with van der Waals surface area (Å²) in [5.41, 5.74) is 7.13. The largest absolute Gasteiger partial charge is 0.288 e. The van der Waals surface area contributed by atoms with E-state index in [0.29, 0.717) is 26.4 Å².